The van der Waals surface area contributed by atoms with Crippen molar-refractivity contribution in [3.05, 3.63) is 34.5 Å². The molecule has 0 saturated carbocycles. The van der Waals surface area contributed by atoms with Crippen molar-refractivity contribution in [3.8, 4) is 0 Å². The van der Waals surface area contributed by atoms with Crippen LogP contribution in [0.15, 0.2) is 6.07 Å². The Bertz CT molecular complexity index is 586. The molecule has 0 aliphatic heterocycles. The summed E-state index contributed by atoms with van der Waals surface area (Å²) in [5, 5.41) is 7.75. The summed E-state index contributed by atoms with van der Waals surface area (Å²) in [5.41, 5.74) is 4.45. The van der Waals surface area contributed by atoms with E-state index >= 15 is 0 Å². The molecule has 0 bridgehead atoms. The van der Waals surface area contributed by atoms with E-state index < -0.39 is 0 Å². The van der Waals surface area contributed by atoms with Crippen LogP contribution in [0, 0.1) is 27.7 Å². The molecular formula is C14H21N5. The highest BCUT2D eigenvalue weighted by Crippen LogP contribution is 2.13. The first kappa shape index (κ1) is 13.5. The summed E-state index contributed by atoms with van der Waals surface area (Å²) in [6, 6.07) is 1.96. The molecule has 19 heavy (non-hydrogen) atoms. The topological polar surface area (TPSA) is 55.6 Å². The van der Waals surface area contributed by atoms with Gasteiger partial charge in [-0.2, -0.15) is 5.10 Å². The van der Waals surface area contributed by atoms with Crippen LogP contribution in [-0.4, -0.2) is 26.3 Å². The average molecular weight is 259 g/mol. The third kappa shape index (κ3) is 2.92. The first-order valence-electron chi connectivity index (χ1n) is 6.60. The first-order valence-corrected chi connectivity index (χ1v) is 6.60. The third-order valence-corrected chi connectivity index (χ3v) is 3.29. The Kier molecular flexibility index (Phi) is 3.83. The van der Waals surface area contributed by atoms with Crippen LogP contribution >= 0.6 is 0 Å². The van der Waals surface area contributed by atoms with Crippen LogP contribution in [-0.2, 0) is 6.54 Å². The molecule has 102 valence electrons. The van der Waals surface area contributed by atoms with E-state index in [4.69, 9.17) is 0 Å². The van der Waals surface area contributed by atoms with Gasteiger partial charge in [0.05, 0.1) is 5.69 Å². The zero-order chi connectivity index (χ0) is 14.0. The Morgan fingerprint density at radius 3 is 2.47 bits per heavy atom. The fourth-order valence-electron chi connectivity index (χ4n) is 2.05. The van der Waals surface area contributed by atoms with Crippen LogP contribution in [0.4, 0.5) is 5.82 Å². The van der Waals surface area contributed by atoms with Crippen LogP contribution in [0.2, 0.25) is 0 Å². The SMILES string of the molecule is CCNc1cc(C)nc(Cn2nc(C)c(C)c2C)n1. The molecule has 0 amide bonds. The smallest absolute Gasteiger partial charge is 0.152 e. The van der Waals surface area contributed by atoms with Crippen LogP contribution in [0.1, 0.15) is 35.4 Å². The number of hydrogen-bond donors (Lipinski definition) is 1. The number of aromatic nitrogens is 4. The van der Waals surface area contributed by atoms with Crippen molar-refractivity contribution in [2.75, 3.05) is 11.9 Å². The van der Waals surface area contributed by atoms with Gasteiger partial charge in [0.15, 0.2) is 5.82 Å². The van der Waals surface area contributed by atoms with Gasteiger partial charge in [0.2, 0.25) is 0 Å². The predicted molar refractivity (Wildman–Crippen MR) is 76.5 cm³/mol. The van der Waals surface area contributed by atoms with Gasteiger partial charge in [0.1, 0.15) is 12.4 Å². The van der Waals surface area contributed by atoms with E-state index in [2.05, 4.69) is 41.2 Å². The van der Waals surface area contributed by atoms with Gasteiger partial charge in [-0.1, -0.05) is 0 Å². The van der Waals surface area contributed by atoms with Crippen molar-refractivity contribution >= 4 is 5.82 Å². The molecular weight excluding hydrogens is 238 g/mol. The quantitative estimate of drug-likeness (QED) is 0.916. The van der Waals surface area contributed by atoms with E-state index in [1.165, 1.54) is 11.3 Å². The Hall–Kier alpha value is -1.91. The fourth-order valence-corrected chi connectivity index (χ4v) is 2.05. The highest BCUT2D eigenvalue weighted by Gasteiger charge is 2.09. The summed E-state index contributed by atoms with van der Waals surface area (Å²) >= 11 is 0. The summed E-state index contributed by atoms with van der Waals surface area (Å²) in [6.45, 7) is 11.7. The van der Waals surface area contributed by atoms with Gasteiger partial charge < -0.3 is 5.32 Å². The van der Waals surface area contributed by atoms with E-state index in [-0.39, 0.29) is 0 Å². The molecule has 5 heteroatoms. The molecule has 2 aromatic heterocycles. The molecule has 0 atom stereocenters. The minimum absolute atomic E-state index is 0.612. The van der Waals surface area contributed by atoms with Gasteiger partial charge in [0, 0.05) is 24.0 Å². The number of anilines is 1. The molecule has 0 spiro atoms. The first-order chi connectivity index (χ1) is 9.01. The predicted octanol–water partition coefficient (Wildman–Crippen LogP) is 2.39. The molecule has 0 aliphatic carbocycles. The number of nitrogens with one attached hydrogen (secondary N) is 1. The highest BCUT2D eigenvalue weighted by molar-refractivity contribution is 5.35. The normalized spacial score (nSPS) is 10.8. The van der Waals surface area contributed by atoms with Crippen LogP contribution in [0.3, 0.4) is 0 Å². The van der Waals surface area contributed by atoms with E-state index in [0.717, 1.165) is 29.6 Å². The lowest BCUT2D eigenvalue weighted by atomic mass is 10.2. The summed E-state index contributed by atoms with van der Waals surface area (Å²) in [7, 11) is 0. The Morgan fingerprint density at radius 2 is 1.89 bits per heavy atom. The molecule has 0 fully saturated rings. The van der Waals surface area contributed by atoms with Crippen molar-refractivity contribution in [3.63, 3.8) is 0 Å². The summed E-state index contributed by atoms with van der Waals surface area (Å²) in [5.74, 6) is 1.67. The van der Waals surface area contributed by atoms with Gasteiger partial charge in [0.25, 0.3) is 0 Å². The van der Waals surface area contributed by atoms with Crippen molar-refractivity contribution < 1.29 is 0 Å². The average Bonchev–Trinajstić information content (AvgIpc) is 2.57. The minimum atomic E-state index is 0.612. The standard InChI is InChI=1S/C14H21N5/c1-6-15-13-7-9(2)16-14(17-13)8-19-12(5)10(3)11(4)18-19/h7H,6,8H2,1-5H3,(H,15,16,17). The molecule has 2 rings (SSSR count). The molecule has 2 heterocycles. The molecule has 0 saturated heterocycles. The van der Waals surface area contributed by atoms with Crippen molar-refractivity contribution in [2.24, 2.45) is 0 Å². The lowest BCUT2D eigenvalue weighted by Gasteiger charge is -2.08. The Morgan fingerprint density at radius 1 is 1.16 bits per heavy atom. The number of nitrogens with zero attached hydrogens (tertiary/aromatic N) is 4. The Balaban J connectivity index is 2.29. The second kappa shape index (κ2) is 5.38. The van der Waals surface area contributed by atoms with Crippen LogP contribution in [0.5, 0.6) is 0 Å². The molecule has 0 unspecified atom stereocenters. The molecule has 0 aromatic carbocycles. The molecule has 0 aliphatic rings. The minimum Gasteiger partial charge on any atom is -0.370 e. The van der Waals surface area contributed by atoms with Crippen LogP contribution in [0.25, 0.3) is 0 Å². The van der Waals surface area contributed by atoms with E-state index in [1.54, 1.807) is 0 Å². The summed E-state index contributed by atoms with van der Waals surface area (Å²) in [6.07, 6.45) is 0. The van der Waals surface area contributed by atoms with Gasteiger partial charge >= 0.3 is 0 Å². The van der Waals surface area contributed by atoms with Crippen LogP contribution < -0.4 is 5.32 Å². The highest BCUT2D eigenvalue weighted by atomic mass is 15.3. The summed E-state index contributed by atoms with van der Waals surface area (Å²) < 4.78 is 1.97. The lowest BCUT2D eigenvalue weighted by molar-refractivity contribution is 0.630. The van der Waals surface area contributed by atoms with E-state index in [1.807, 2.05) is 24.6 Å². The maximum absolute atomic E-state index is 4.53. The van der Waals surface area contributed by atoms with E-state index in [9.17, 15) is 0 Å². The van der Waals surface area contributed by atoms with Crippen molar-refractivity contribution in [1.82, 2.24) is 19.7 Å². The second-order valence-electron chi connectivity index (χ2n) is 4.79. The Labute approximate surface area is 114 Å². The second-order valence-corrected chi connectivity index (χ2v) is 4.79. The largest absolute Gasteiger partial charge is 0.370 e. The maximum Gasteiger partial charge on any atom is 0.152 e. The number of hydrogen-bond acceptors (Lipinski definition) is 4. The molecule has 1 N–H and O–H groups in total. The van der Waals surface area contributed by atoms with Crippen molar-refractivity contribution in [1.29, 1.82) is 0 Å². The third-order valence-electron chi connectivity index (χ3n) is 3.29. The van der Waals surface area contributed by atoms with Gasteiger partial charge in [-0.05, 0) is 40.2 Å². The number of aryl methyl sites for hydroxylation is 2. The zero-order valence-electron chi connectivity index (χ0n) is 12.3. The molecule has 2 aromatic rings. The summed E-state index contributed by atoms with van der Waals surface area (Å²) in [4.78, 5) is 9.00. The zero-order valence-corrected chi connectivity index (χ0v) is 12.3. The van der Waals surface area contributed by atoms with Gasteiger partial charge in [-0.15, -0.1) is 0 Å². The van der Waals surface area contributed by atoms with E-state index in [0.29, 0.717) is 6.54 Å². The van der Waals surface area contributed by atoms with Gasteiger partial charge in [-0.25, -0.2) is 9.97 Å². The van der Waals surface area contributed by atoms with Gasteiger partial charge in [-0.3, -0.25) is 4.68 Å². The monoisotopic (exact) mass is 259 g/mol. The number of rotatable bonds is 4. The molecule has 0 radical (unpaired) electrons. The fraction of sp³-hybridized carbons (Fsp3) is 0.500. The van der Waals surface area contributed by atoms with Crippen molar-refractivity contribution in [2.45, 2.75) is 41.2 Å². The maximum atomic E-state index is 4.53. The lowest BCUT2D eigenvalue weighted by Crippen LogP contribution is -2.10. The molecule has 5 nitrogen and oxygen atoms in total.